The van der Waals surface area contributed by atoms with E-state index in [1.165, 1.54) is 0 Å². The zero-order valence-electron chi connectivity index (χ0n) is 5.02. The standard InChI is InChI=1S/C4Cl3F5/c5-3(6,4(7,11)12)1(8)2(9)10. The molecule has 0 radical (unpaired) electrons. The van der Waals surface area contributed by atoms with E-state index in [0.717, 1.165) is 0 Å². The van der Waals surface area contributed by atoms with Gasteiger partial charge in [-0.2, -0.15) is 17.6 Å². The Hall–Kier alpha value is 0.260. The van der Waals surface area contributed by atoms with Crippen molar-refractivity contribution in [1.82, 2.24) is 0 Å². The zero-order valence-corrected chi connectivity index (χ0v) is 7.29. The Kier molecular flexibility index (Phi) is 3.63. The smallest absolute Gasteiger partial charge is 0.202 e. The first-order valence-corrected chi connectivity index (χ1v) is 3.40. The normalized spacial score (nSPS) is 13.0. The topological polar surface area (TPSA) is 0 Å². The van der Waals surface area contributed by atoms with Crippen molar-refractivity contribution in [2.75, 3.05) is 0 Å². The van der Waals surface area contributed by atoms with Crippen LogP contribution in [-0.2, 0) is 0 Å². The van der Waals surface area contributed by atoms with Crippen molar-refractivity contribution in [3.8, 4) is 0 Å². The van der Waals surface area contributed by atoms with E-state index in [1.54, 1.807) is 0 Å². The third-order valence-corrected chi connectivity index (χ3v) is 2.08. The lowest BCUT2D eigenvalue weighted by molar-refractivity contribution is 0.0775. The Morgan fingerprint density at radius 1 is 0.917 bits per heavy atom. The number of rotatable bonds is 2. The van der Waals surface area contributed by atoms with Gasteiger partial charge in [-0.05, 0) is 11.6 Å². The number of halogens is 8. The second kappa shape index (κ2) is 3.55. The molecule has 0 aromatic heterocycles. The van der Waals surface area contributed by atoms with Crippen LogP contribution in [0.4, 0.5) is 22.0 Å². The molecule has 0 atom stereocenters. The minimum Gasteiger partial charge on any atom is -0.202 e. The summed E-state index contributed by atoms with van der Waals surface area (Å²) in [5.74, 6) is -2.66. The minimum atomic E-state index is -4.51. The van der Waals surface area contributed by atoms with Crippen LogP contribution in [0.15, 0.2) is 11.9 Å². The quantitative estimate of drug-likeness (QED) is 0.511. The average molecular weight is 249 g/mol. The van der Waals surface area contributed by atoms with E-state index in [1.807, 2.05) is 0 Å². The van der Waals surface area contributed by atoms with E-state index in [-0.39, 0.29) is 0 Å². The molecule has 0 aromatic carbocycles. The highest BCUT2D eigenvalue weighted by Crippen LogP contribution is 2.48. The predicted octanol–water partition coefficient (Wildman–Crippen LogP) is 4.07. The third kappa shape index (κ3) is 2.37. The maximum Gasteiger partial charge on any atom is 0.360 e. The molecule has 0 aliphatic rings. The van der Waals surface area contributed by atoms with Gasteiger partial charge in [0, 0.05) is 0 Å². The van der Waals surface area contributed by atoms with Crippen LogP contribution in [-0.4, -0.2) is 9.72 Å². The van der Waals surface area contributed by atoms with Crippen molar-refractivity contribution >= 4 is 34.8 Å². The van der Waals surface area contributed by atoms with Crippen molar-refractivity contribution in [1.29, 1.82) is 0 Å². The molecule has 8 heteroatoms. The van der Waals surface area contributed by atoms with Crippen LogP contribution in [0.1, 0.15) is 0 Å². The summed E-state index contributed by atoms with van der Waals surface area (Å²) in [7, 11) is 0. The summed E-state index contributed by atoms with van der Waals surface area (Å²) in [5.41, 5.74) is 0. The van der Waals surface area contributed by atoms with Crippen LogP contribution in [0.3, 0.4) is 0 Å². The number of alkyl halides is 5. The SMILES string of the molecule is FC(F)=C(F)C(Cl)(Cl)C(F)(F)Cl. The van der Waals surface area contributed by atoms with Crippen molar-refractivity contribution < 1.29 is 22.0 Å². The molecule has 0 saturated heterocycles. The zero-order chi connectivity index (χ0) is 10.2. The maximum absolute atomic E-state index is 12.1. The number of hydrogen-bond donors (Lipinski definition) is 0. The third-order valence-electron chi connectivity index (χ3n) is 0.798. The molecule has 0 unspecified atom stereocenters. The Morgan fingerprint density at radius 2 is 1.25 bits per heavy atom. The van der Waals surface area contributed by atoms with E-state index in [9.17, 15) is 22.0 Å². The van der Waals surface area contributed by atoms with Crippen LogP contribution in [0, 0.1) is 0 Å². The van der Waals surface area contributed by atoms with Crippen LogP contribution < -0.4 is 0 Å². The van der Waals surface area contributed by atoms with Crippen LogP contribution in [0.2, 0.25) is 0 Å². The fourth-order valence-corrected chi connectivity index (χ4v) is 0.469. The molecule has 0 heterocycles. The van der Waals surface area contributed by atoms with Gasteiger partial charge in [-0.15, -0.1) is 0 Å². The molecule has 0 aromatic rings. The molecule has 0 saturated carbocycles. The van der Waals surface area contributed by atoms with E-state index in [2.05, 4.69) is 34.8 Å². The monoisotopic (exact) mass is 248 g/mol. The van der Waals surface area contributed by atoms with Gasteiger partial charge >= 0.3 is 11.5 Å². The van der Waals surface area contributed by atoms with Crippen LogP contribution in [0.25, 0.3) is 0 Å². The van der Waals surface area contributed by atoms with Crippen LogP contribution in [0.5, 0.6) is 0 Å². The summed E-state index contributed by atoms with van der Waals surface area (Å²) in [6, 6.07) is 0. The minimum absolute atomic E-state index is 2.66. The number of hydrogen-bond acceptors (Lipinski definition) is 0. The summed E-state index contributed by atoms with van der Waals surface area (Å²) >= 11 is 13.2. The van der Waals surface area contributed by atoms with E-state index in [4.69, 9.17) is 0 Å². The Morgan fingerprint density at radius 3 is 1.33 bits per heavy atom. The summed E-state index contributed by atoms with van der Waals surface area (Å²) in [4.78, 5) is 0. The second-order valence-electron chi connectivity index (χ2n) is 1.65. The Labute approximate surface area is 78.9 Å². The van der Waals surface area contributed by atoms with Gasteiger partial charge in [0.1, 0.15) is 0 Å². The Balaban J connectivity index is 5.01. The highest BCUT2D eigenvalue weighted by molar-refractivity contribution is 6.54. The fraction of sp³-hybridized carbons (Fsp3) is 0.500. The summed E-state index contributed by atoms with van der Waals surface area (Å²) in [6.07, 6.45) is -3.04. The molecule has 0 aliphatic carbocycles. The van der Waals surface area contributed by atoms with Gasteiger partial charge in [-0.25, -0.2) is 4.39 Å². The highest BCUT2D eigenvalue weighted by atomic mass is 35.5. The highest BCUT2D eigenvalue weighted by Gasteiger charge is 2.56. The first-order chi connectivity index (χ1) is 5.10. The predicted molar refractivity (Wildman–Crippen MR) is 35.6 cm³/mol. The average Bonchev–Trinajstić information content (AvgIpc) is 1.83. The largest absolute Gasteiger partial charge is 0.360 e. The van der Waals surface area contributed by atoms with Crippen molar-refractivity contribution in [3.63, 3.8) is 0 Å². The van der Waals surface area contributed by atoms with Gasteiger partial charge in [0.2, 0.25) is 5.83 Å². The summed E-state index contributed by atoms with van der Waals surface area (Å²) < 4.78 is 55.2. The van der Waals surface area contributed by atoms with Gasteiger partial charge in [-0.3, -0.25) is 0 Å². The van der Waals surface area contributed by atoms with Gasteiger partial charge < -0.3 is 0 Å². The molecule has 0 aliphatic heterocycles. The molecule has 0 N–H and O–H groups in total. The molecule has 0 fully saturated rings. The van der Waals surface area contributed by atoms with E-state index < -0.39 is 21.6 Å². The Bertz CT molecular complexity index is 201. The van der Waals surface area contributed by atoms with Gasteiger partial charge in [0.15, 0.2) is 0 Å². The second-order valence-corrected chi connectivity index (χ2v) is 3.45. The molecule has 12 heavy (non-hydrogen) atoms. The van der Waals surface area contributed by atoms with Crippen molar-refractivity contribution in [2.45, 2.75) is 9.72 Å². The molecule has 0 rings (SSSR count). The van der Waals surface area contributed by atoms with Gasteiger partial charge in [-0.1, -0.05) is 23.2 Å². The first-order valence-electron chi connectivity index (χ1n) is 2.26. The summed E-state index contributed by atoms with van der Waals surface area (Å²) in [5, 5.41) is -4.51. The molecule has 0 spiro atoms. The lowest BCUT2D eigenvalue weighted by Gasteiger charge is -2.21. The van der Waals surface area contributed by atoms with Crippen molar-refractivity contribution in [2.24, 2.45) is 0 Å². The maximum atomic E-state index is 12.1. The van der Waals surface area contributed by atoms with Gasteiger partial charge in [0.05, 0.1) is 0 Å². The van der Waals surface area contributed by atoms with Crippen molar-refractivity contribution in [3.05, 3.63) is 11.9 Å². The van der Waals surface area contributed by atoms with E-state index >= 15 is 0 Å². The molecule has 0 nitrogen and oxygen atoms in total. The fourth-order valence-electron chi connectivity index (χ4n) is 0.243. The molecular formula is C4Cl3F5. The molecule has 0 amide bonds. The van der Waals surface area contributed by atoms with Gasteiger partial charge in [0.25, 0.3) is 4.33 Å². The molecule has 0 bridgehead atoms. The molecule has 72 valence electrons. The lowest BCUT2D eigenvalue weighted by atomic mass is 10.4. The number of allylic oxidation sites excluding steroid dienone is 1. The first kappa shape index (κ1) is 12.3. The lowest BCUT2D eigenvalue weighted by Crippen LogP contribution is -2.34. The molecular weight excluding hydrogens is 249 g/mol. The summed E-state index contributed by atoms with van der Waals surface area (Å²) in [6.45, 7) is 0. The van der Waals surface area contributed by atoms with E-state index in [0.29, 0.717) is 0 Å². The van der Waals surface area contributed by atoms with Crippen LogP contribution >= 0.6 is 34.8 Å².